The summed E-state index contributed by atoms with van der Waals surface area (Å²) in [5.41, 5.74) is 2.13. The summed E-state index contributed by atoms with van der Waals surface area (Å²) in [6.45, 7) is 11.7. The Morgan fingerprint density at radius 2 is 1.86 bits per heavy atom. The number of amides is 1. The molecular weight excluding hydrogens is 276 g/mol. The molecule has 4 nitrogen and oxygen atoms in total. The van der Waals surface area contributed by atoms with Gasteiger partial charge in [-0.1, -0.05) is 38.1 Å². The van der Waals surface area contributed by atoms with Crippen LogP contribution in [0.15, 0.2) is 24.3 Å². The summed E-state index contributed by atoms with van der Waals surface area (Å²) in [6, 6.07) is 8.79. The minimum atomic E-state index is -0.468. The Bertz CT molecular complexity index is 503. The van der Waals surface area contributed by atoms with Crippen LogP contribution in [0.3, 0.4) is 0 Å². The zero-order valence-electron chi connectivity index (χ0n) is 14.3. The second-order valence-corrected chi connectivity index (χ2v) is 7.34. The lowest BCUT2D eigenvalue weighted by atomic mass is 9.92. The highest BCUT2D eigenvalue weighted by Crippen LogP contribution is 2.25. The van der Waals surface area contributed by atoms with Gasteiger partial charge in [0.1, 0.15) is 5.60 Å². The minimum absolute atomic E-state index is 0.0692. The van der Waals surface area contributed by atoms with Gasteiger partial charge < -0.3 is 15.4 Å². The van der Waals surface area contributed by atoms with Crippen LogP contribution < -0.4 is 10.6 Å². The summed E-state index contributed by atoms with van der Waals surface area (Å²) in [5.74, 6) is 0.820. The fraction of sp³-hybridized carbons (Fsp3) is 0.611. The van der Waals surface area contributed by atoms with Crippen LogP contribution in [0.4, 0.5) is 4.79 Å². The van der Waals surface area contributed by atoms with Crippen molar-refractivity contribution in [1.29, 1.82) is 0 Å². The molecule has 22 heavy (non-hydrogen) atoms. The predicted molar refractivity (Wildman–Crippen MR) is 89.3 cm³/mol. The molecule has 1 amide bonds. The third kappa shape index (κ3) is 4.47. The number of carbonyl (C=O) groups excluding carboxylic acids is 1. The summed E-state index contributed by atoms with van der Waals surface area (Å²) < 4.78 is 5.36. The molecule has 1 aromatic carbocycles. The Kier molecular flexibility index (Phi) is 5.12. The number of benzene rings is 1. The van der Waals surface area contributed by atoms with Gasteiger partial charge in [0.15, 0.2) is 0 Å². The maximum absolute atomic E-state index is 12.0. The quantitative estimate of drug-likeness (QED) is 0.900. The summed E-state index contributed by atoms with van der Waals surface area (Å²) in [6.07, 6.45) is -0.343. The highest BCUT2D eigenvalue weighted by atomic mass is 16.6. The summed E-state index contributed by atoms with van der Waals surface area (Å²) in [7, 11) is 0. The molecule has 4 heteroatoms. The number of nitrogens with one attached hydrogen (secondary N) is 2. The summed E-state index contributed by atoms with van der Waals surface area (Å²) in [5, 5.41) is 6.35. The third-order valence-electron chi connectivity index (χ3n) is 3.95. The van der Waals surface area contributed by atoms with Gasteiger partial charge in [-0.05, 0) is 37.8 Å². The van der Waals surface area contributed by atoms with Gasteiger partial charge in [-0.2, -0.15) is 0 Å². The number of hydrogen-bond donors (Lipinski definition) is 2. The Morgan fingerprint density at radius 3 is 2.41 bits per heavy atom. The van der Waals surface area contributed by atoms with Gasteiger partial charge in [0.25, 0.3) is 0 Å². The van der Waals surface area contributed by atoms with E-state index in [0.29, 0.717) is 5.92 Å². The number of ether oxygens (including phenoxy) is 1. The molecule has 1 aliphatic rings. The van der Waals surface area contributed by atoms with Crippen molar-refractivity contribution < 1.29 is 9.53 Å². The fourth-order valence-corrected chi connectivity index (χ4v) is 2.77. The largest absolute Gasteiger partial charge is 0.444 e. The van der Waals surface area contributed by atoms with Crippen LogP contribution in [0, 0.1) is 0 Å². The maximum atomic E-state index is 12.0. The van der Waals surface area contributed by atoms with Crippen molar-refractivity contribution in [3.8, 4) is 0 Å². The van der Waals surface area contributed by atoms with Crippen LogP contribution in [0.1, 0.15) is 57.6 Å². The van der Waals surface area contributed by atoms with E-state index in [1.54, 1.807) is 0 Å². The molecule has 122 valence electrons. The first kappa shape index (κ1) is 16.8. The standard InChI is InChI=1S/C18H28N2O2/c1-12(2)13-6-8-14(9-7-13)15-10-19-11-16(15)20-17(21)22-18(3,4)5/h6-9,12,15-16,19H,10-11H2,1-5H3,(H,20,21)/t15-,16+/m1/s1. The first-order valence-electron chi connectivity index (χ1n) is 8.06. The Hall–Kier alpha value is -1.55. The lowest BCUT2D eigenvalue weighted by Gasteiger charge is -2.24. The normalized spacial score (nSPS) is 21.9. The first-order valence-corrected chi connectivity index (χ1v) is 8.06. The van der Waals surface area contributed by atoms with Crippen molar-refractivity contribution in [3.63, 3.8) is 0 Å². The number of carbonyl (C=O) groups is 1. The molecule has 1 saturated heterocycles. The van der Waals surface area contributed by atoms with Crippen LogP contribution in [0.2, 0.25) is 0 Å². The van der Waals surface area contributed by atoms with E-state index in [1.807, 2.05) is 20.8 Å². The van der Waals surface area contributed by atoms with E-state index in [-0.39, 0.29) is 18.1 Å². The van der Waals surface area contributed by atoms with E-state index >= 15 is 0 Å². The molecular formula is C18H28N2O2. The van der Waals surface area contributed by atoms with Gasteiger partial charge in [0, 0.05) is 19.0 Å². The van der Waals surface area contributed by atoms with Crippen molar-refractivity contribution in [2.75, 3.05) is 13.1 Å². The molecule has 2 N–H and O–H groups in total. The molecule has 0 radical (unpaired) electrons. The molecule has 0 unspecified atom stereocenters. The van der Waals surface area contributed by atoms with Crippen LogP contribution in [0.5, 0.6) is 0 Å². The second kappa shape index (κ2) is 6.69. The number of hydrogen-bond acceptors (Lipinski definition) is 3. The van der Waals surface area contributed by atoms with Crippen LogP contribution in [-0.4, -0.2) is 30.8 Å². The van der Waals surface area contributed by atoms with Crippen molar-refractivity contribution >= 4 is 6.09 Å². The van der Waals surface area contributed by atoms with Crippen LogP contribution in [0.25, 0.3) is 0 Å². The van der Waals surface area contributed by atoms with Crippen molar-refractivity contribution in [2.24, 2.45) is 0 Å². The number of alkyl carbamates (subject to hydrolysis) is 1. The SMILES string of the molecule is CC(C)c1ccc([C@H]2CNC[C@@H]2NC(=O)OC(C)(C)C)cc1. The van der Waals surface area contributed by atoms with Crippen molar-refractivity contribution in [3.05, 3.63) is 35.4 Å². The molecule has 0 spiro atoms. The molecule has 1 aliphatic heterocycles. The molecule has 2 rings (SSSR count). The minimum Gasteiger partial charge on any atom is -0.444 e. The third-order valence-corrected chi connectivity index (χ3v) is 3.95. The Labute approximate surface area is 133 Å². The highest BCUT2D eigenvalue weighted by Gasteiger charge is 2.31. The molecule has 0 bridgehead atoms. The molecule has 1 fully saturated rings. The van der Waals surface area contributed by atoms with E-state index in [0.717, 1.165) is 13.1 Å². The molecule has 0 saturated carbocycles. The van der Waals surface area contributed by atoms with Crippen LogP contribution in [-0.2, 0) is 4.74 Å². The first-order chi connectivity index (χ1) is 10.3. The van der Waals surface area contributed by atoms with Gasteiger partial charge in [-0.3, -0.25) is 0 Å². The van der Waals surface area contributed by atoms with Crippen LogP contribution >= 0.6 is 0 Å². The molecule has 1 aromatic rings. The molecule has 2 atom stereocenters. The van der Waals surface area contributed by atoms with E-state index in [4.69, 9.17) is 4.74 Å². The fourth-order valence-electron chi connectivity index (χ4n) is 2.77. The van der Waals surface area contributed by atoms with Gasteiger partial charge in [-0.15, -0.1) is 0 Å². The summed E-state index contributed by atoms with van der Waals surface area (Å²) >= 11 is 0. The predicted octanol–water partition coefficient (Wildman–Crippen LogP) is 3.39. The monoisotopic (exact) mass is 304 g/mol. The summed E-state index contributed by atoms with van der Waals surface area (Å²) in [4.78, 5) is 12.0. The van der Waals surface area contributed by atoms with Crippen molar-refractivity contribution in [2.45, 2.75) is 58.1 Å². The van der Waals surface area contributed by atoms with Gasteiger partial charge in [0.2, 0.25) is 0 Å². The zero-order chi connectivity index (χ0) is 16.3. The number of rotatable bonds is 3. The maximum Gasteiger partial charge on any atom is 0.407 e. The average Bonchev–Trinajstić information content (AvgIpc) is 2.84. The molecule has 1 heterocycles. The molecule has 0 aliphatic carbocycles. The van der Waals surface area contributed by atoms with E-state index in [1.165, 1.54) is 11.1 Å². The highest BCUT2D eigenvalue weighted by molar-refractivity contribution is 5.68. The van der Waals surface area contributed by atoms with E-state index in [2.05, 4.69) is 48.7 Å². The topological polar surface area (TPSA) is 50.4 Å². The second-order valence-electron chi connectivity index (χ2n) is 7.34. The van der Waals surface area contributed by atoms with E-state index < -0.39 is 5.60 Å². The Balaban J connectivity index is 2.02. The smallest absolute Gasteiger partial charge is 0.407 e. The van der Waals surface area contributed by atoms with E-state index in [9.17, 15) is 4.79 Å². The van der Waals surface area contributed by atoms with Gasteiger partial charge in [0.05, 0.1) is 6.04 Å². The van der Waals surface area contributed by atoms with Gasteiger partial charge in [-0.25, -0.2) is 4.79 Å². The Morgan fingerprint density at radius 1 is 1.23 bits per heavy atom. The lowest BCUT2D eigenvalue weighted by Crippen LogP contribution is -2.42. The van der Waals surface area contributed by atoms with Crippen molar-refractivity contribution in [1.82, 2.24) is 10.6 Å². The molecule has 0 aromatic heterocycles. The lowest BCUT2D eigenvalue weighted by molar-refractivity contribution is 0.0504. The zero-order valence-corrected chi connectivity index (χ0v) is 14.3. The van der Waals surface area contributed by atoms with Gasteiger partial charge >= 0.3 is 6.09 Å². The average molecular weight is 304 g/mol.